The topological polar surface area (TPSA) is 114 Å². The highest BCUT2D eigenvalue weighted by atomic mass is 32.2. The van der Waals surface area contributed by atoms with Crippen molar-refractivity contribution in [3.63, 3.8) is 0 Å². The fourth-order valence-corrected chi connectivity index (χ4v) is 8.14. The van der Waals surface area contributed by atoms with Crippen LogP contribution in [0.4, 0.5) is 0 Å². The largest absolute Gasteiger partial charge is 0.456 e. The van der Waals surface area contributed by atoms with Crippen molar-refractivity contribution in [1.29, 1.82) is 0 Å². The number of thioether (sulfide) groups is 2. The summed E-state index contributed by atoms with van der Waals surface area (Å²) in [7, 11) is 0. The minimum absolute atomic E-state index is 0.312. The van der Waals surface area contributed by atoms with Crippen molar-refractivity contribution in [3.8, 4) is 0 Å². The molecule has 9 nitrogen and oxygen atoms in total. The van der Waals surface area contributed by atoms with E-state index in [1.807, 2.05) is 105 Å². The van der Waals surface area contributed by atoms with E-state index in [4.69, 9.17) is 23.7 Å². The van der Waals surface area contributed by atoms with Gasteiger partial charge in [0.25, 0.3) is 0 Å². The van der Waals surface area contributed by atoms with E-state index in [9.17, 15) is 19.2 Å². The van der Waals surface area contributed by atoms with E-state index in [1.54, 1.807) is 0 Å². The molecule has 0 aliphatic carbocycles. The maximum atomic E-state index is 12.7. The van der Waals surface area contributed by atoms with Gasteiger partial charge in [0, 0.05) is 27.7 Å². The van der Waals surface area contributed by atoms with E-state index in [1.165, 1.54) is 51.2 Å². The molecule has 0 saturated heterocycles. The number of ether oxygens (including phenoxy) is 5. The molecule has 48 heavy (non-hydrogen) atoms. The molecule has 0 bridgehead atoms. The van der Waals surface area contributed by atoms with Crippen LogP contribution in [0.2, 0.25) is 0 Å². The van der Waals surface area contributed by atoms with E-state index < -0.39 is 58.5 Å². The lowest BCUT2D eigenvalue weighted by Gasteiger charge is -2.40. The third-order valence-corrected chi connectivity index (χ3v) is 9.85. The first-order valence-electron chi connectivity index (χ1n) is 15.8. The Balaban J connectivity index is 2.24. The van der Waals surface area contributed by atoms with Crippen molar-refractivity contribution in [2.75, 3.05) is 18.1 Å². The van der Waals surface area contributed by atoms with Crippen LogP contribution in [-0.4, -0.2) is 71.0 Å². The van der Waals surface area contributed by atoms with Gasteiger partial charge < -0.3 is 23.7 Å². The Morgan fingerprint density at radius 3 is 1.25 bits per heavy atom. The molecule has 3 aromatic rings. The normalized spacial score (nSPS) is 13.9. The third kappa shape index (κ3) is 10.6. The number of benzene rings is 3. The minimum atomic E-state index is -1.42. The Morgan fingerprint density at radius 1 is 0.542 bits per heavy atom. The van der Waals surface area contributed by atoms with Gasteiger partial charge in [-0.3, -0.25) is 19.2 Å². The molecule has 0 radical (unpaired) electrons. The van der Waals surface area contributed by atoms with Crippen LogP contribution in [0.25, 0.3) is 0 Å². The number of carbonyl (C=O) groups is 4. The third-order valence-electron chi connectivity index (χ3n) is 7.17. The zero-order valence-electron chi connectivity index (χ0n) is 28.2. The highest BCUT2D eigenvalue weighted by Gasteiger charge is 2.48. The SMILES string of the molecule is CCSC(SCC)C(OC(C)=O)C(OC(C)=O)C(OC(C)=O)C(COC(c1ccccc1)(c1ccccc1)c1ccccc1)OC(C)=O. The average Bonchev–Trinajstić information content (AvgIpc) is 3.06. The van der Waals surface area contributed by atoms with Gasteiger partial charge in [-0.1, -0.05) is 105 Å². The molecule has 11 heteroatoms. The Morgan fingerprint density at radius 2 is 0.896 bits per heavy atom. The molecule has 0 spiro atoms. The second-order valence-corrected chi connectivity index (χ2v) is 13.9. The first-order chi connectivity index (χ1) is 23.0. The van der Waals surface area contributed by atoms with Gasteiger partial charge in [-0.2, -0.15) is 0 Å². The van der Waals surface area contributed by atoms with Gasteiger partial charge in [0.05, 0.1) is 11.2 Å². The van der Waals surface area contributed by atoms with Crippen molar-refractivity contribution >= 4 is 47.4 Å². The molecule has 0 amide bonds. The maximum absolute atomic E-state index is 12.7. The van der Waals surface area contributed by atoms with Crippen molar-refractivity contribution < 1.29 is 42.9 Å². The van der Waals surface area contributed by atoms with E-state index in [0.717, 1.165) is 16.7 Å². The fraction of sp³-hybridized carbons (Fsp3) is 0.405. The first kappa shape index (κ1) is 38.6. The van der Waals surface area contributed by atoms with Crippen molar-refractivity contribution in [3.05, 3.63) is 108 Å². The molecule has 258 valence electrons. The molecule has 0 fully saturated rings. The lowest BCUT2D eigenvalue weighted by Crippen LogP contribution is -2.55. The van der Waals surface area contributed by atoms with Gasteiger partial charge in [0.1, 0.15) is 5.60 Å². The Bertz CT molecular complexity index is 1350. The Labute approximate surface area is 291 Å². The van der Waals surface area contributed by atoms with Crippen LogP contribution in [0.15, 0.2) is 91.0 Å². The van der Waals surface area contributed by atoms with Gasteiger partial charge in [-0.05, 0) is 28.2 Å². The highest BCUT2D eigenvalue weighted by Crippen LogP contribution is 2.41. The van der Waals surface area contributed by atoms with Gasteiger partial charge in [0.15, 0.2) is 24.4 Å². The van der Waals surface area contributed by atoms with E-state index in [2.05, 4.69) is 0 Å². The lowest BCUT2D eigenvalue weighted by molar-refractivity contribution is -0.203. The molecule has 0 aliphatic heterocycles. The molecule has 4 atom stereocenters. The Kier molecular flexibility index (Phi) is 15.5. The number of rotatable bonds is 18. The zero-order chi connectivity index (χ0) is 35.1. The minimum Gasteiger partial charge on any atom is -0.456 e. The van der Waals surface area contributed by atoms with Crippen molar-refractivity contribution in [2.45, 2.75) is 76.1 Å². The van der Waals surface area contributed by atoms with Gasteiger partial charge in [-0.15, -0.1) is 23.5 Å². The molecule has 4 unspecified atom stereocenters. The molecule has 0 aliphatic rings. The molecular formula is C37H44O9S2. The molecule has 0 aromatic heterocycles. The summed E-state index contributed by atoms with van der Waals surface area (Å²) in [5.74, 6) is -1.41. The number of hydrogen-bond acceptors (Lipinski definition) is 11. The van der Waals surface area contributed by atoms with E-state index in [-0.39, 0.29) is 6.61 Å². The number of carbonyl (C=O) groups excluding carboxylic acids is 4. The summed E-state index contributed by atoms with van der Waals surface area (Å²) in [6, 6.07) is 28.8. The lowest BCUT2D eigenvalue weighted by atomic mass is 9.80. The molecule has 3 aromatic carbocycles. The predicted octanol–water partition coefficient (Wildman–Crippen LogP) is 6.55. The van der Waals surface area contributed by atoms with Crippen LogP contribution < -0.4 is 0 Å². The summed E-state index contributed by atoms with van der Waals surface area (Å²) in [5.41, 5.74) is 1.16. The second kappa shape index (κ2) is 19.3. The van der Waals surface area contributed by atoms with Gasteiger partial charge in [0.2, 0.25) is 0 Å². The van der Waals surface area contributed by atoms with Gasteiger partial charge in [-0.25, -0.2) is 0 Å². The highest BCUT2D eigenvalue weighted by molar-refractivity contribution is 8.17. The summed E-state index contributed by atoms with van der Waals surface area (Å²) >= 11 is 2.99. The quantitative estimate of drug-likeness (QED) is 0.0624. The molecule has 0 heterocycles. The smallest absolute Gasteiger partial charge is 0.303 e. The van der Waals surface area contributed by atoms with Crippen LogP contribution in [0, 0.1) is 0 Å². The number of hydrogen-bond donors (Lipinski definition) is 0. The van der Waals surface area contributed by atoms with E-state index >= 15 is 0 Å². The summed E-state index contributed by atoms with van der Waals surface area (Å²) < 4.78 is 29.9. The number of esters is 4. The maximum Gasteiger partial charge on any atom is 0.303 e. The second-order valence-electron chi connectivity index (χ2n) is 10.7. The van der Waals surface area contributed by atoms with Crippen LogP contribution in [0.1, 0.15) is 58.2 Å². The molecule has 0 N–H and O–H groups in total. The zero-order valence-corrected chi connectivity index (χ0v) is 29.8. The first-order valence-corrected chi connectivity index (χ1v) is 17.9. The summed E-state index contributed by atoms with van der Waals surface area (Å²) in [6.45, 7) is 8.48. The summed E-state index contributed by atoms with van der Waals surface area (Å²) in [4.78, 5) is 50.5. The molecule has 0 saturated carbocycles. The fourth-order valence-electron chi connectivity index (χ4n) is 5.48. The van der Waals surface area contributed by atoms with Crippen LogP contribution in [0.5, 0.6) is 0 Å². The Hall–Kier alpha value is -3.80. The average molecular weight is 697 g/mol. The standard InChI is InChI=1S/C37H44O9S2/c1-7-47-36(48-8-2)35(46-28(6)41)34(45-27(5)40)33(44-26(4)39)32(43-25(3)38)24-42-37(29-18-12-9-13-19-29,30-20-14-10-15-21-30)31-22-16-11-17-23-31/h9-23,32-36H,7-8,24H2,1-6H3. The van der Waals surface area contributed by atoms with Crippen LogP contribution in [-0.2, 0) is 48.5 Å². The monoisotopic (exact) mass is 696 g/mol. The van der Waals surface area contributed by atoms with Crippen LogP contribution >= 0.6 is 23.5 Å². The molecular weight excluding hydrogens is 653 g/mol. The van der Waals surface area contributed by atoms with Crippen molar-refractivity contribution in [2.24, 2.45) is 0 Å². The van der Waals surface area contributed by atoms with Crippen LogP contribution in [0.3, 0.4) is 0 Å². The van der Waals surface area contributed by atoms with E-state index in [0.29, 0.717) is 11.5 Å². The summed E-state index contributed by atoms with van der Waals surface area (Å²) in [6.07, 6.45) is -5.16. The van der Waals surface area contributed by atoms with Crippen molar-refractivity contribution in [1.82, 2.24) is 0 Å². The van der Waals surface area contributed by atoms with Gasteiger partial charge >= 0.3 is 23.9 Å². The molecule has 3 rings (SSSR count). The predicted molar refractivity (Wildman–Crippen MR) is 187 cm³/mol. The summed E-state index contributed by atoms with van der Waals surface area (Å²) in [5, 5.41) is 0.